The van der Waals surface area contributed by atoms with Crippen LogP contribution in [0, 0.1) is 5.92 Å². The molecule has 1 saturated heterocycles. The molecule has 4 nitrogen and oxygen atoms in total. The van der Waals surface area contributed by atoms with Crippen molar-refractivity contribution >= 4 is 0 Å². The van der Waals surface area contributed by atoms with Crippen molar-refractivity contribution in [3.63, 3.8) is 0 Å². The molecule has 1 N–H and O–H groups in total. The molecule has 2 aromatic rings. The van der Waals surface area contributed by atoms with Crippen LogP contribution in [0.1, 0.15) is 30.4 Å². The van der Waals surface area contributed by atoms with E-state index in [1.165, 1.54) is 37.9 Å². The van der Waals surface area contributed by atoms with Crippen molar-refractivity contribution in [1.29, 1.82) is 0 Å². The number of benzene rings is 1. The Bertz CT molecular complexity index is 672. The molecule has 4 rings (SSSR count). The lowest BCUT2D eigenvalue weighted by Gasteiger charge is -2.16. The minimum Gasteiger partial charge on any atom is -0.489 e. The summed E-state index contributed by atoms with van der Waals surface area (Å²) >= 11 is 0. The molecule has 25 heavy (non-hydrogen) atoms. The van der Waals surface area contributed by atoms with Crippen LogP contribution < -0.4 is 10.1 Å². The lowest BCUT2D eigenvalue weighted by atomic mass is 10.1. The van der Waals surface area contributed by atoms with Gasteiger partial charge in [-0.2, -0.15) is 0 Å². The van der Waals surface area contributed by atoms with E-state index in [1.807, 2.05) is 24.4 Å². The quantitative estimate of drug-likeness (QED) is 0.802. The highest BCUT2D eigenvalue weighted by molar-refractivity contribution is 5.33. The molecule has 2 aliphatic rings. The first-order valence-corrected chi connectivity index (χ1v) is 9.43. The van der Waals surface area contributed by atoms with E-state index in [9.17, 15) is 0 Å². The van der Waals surface area contributed by atoms with Gasteiger partial charge in [0, 0.05) is 42.7 Å². The molecule has 2 fully saturated rings. The zero-order chi connectivity index (χ0) is 16.9. The maximum absolute atomic E-state index is 6.01. The molecule has 132 valence electrons. The number of nitrogens with zero attached hydrogens (tertiary/aromatic N) is 2. The summed E-state index contributed by atoms with van der Waals surface area (Å²) in [6.07, 6.45) is 7.81. The van der Waals surface area contributed by atoms with Crippen molar-refractivity contribution in [3.05, 3.63) is 59.9 Å². The van der Waals surface area contributed by atoms with E-state index < -0.39 is 0 Å². The Kier molecular flexibility index (Phi) is 5.28. The van der Waals surface area contributed by atoms with E-state index in [0.29, 0.717) is 6.61 Å². The first-order chi connectivity index (χ1) is 12.4. The molecule has 1 saturated carbocycles. The number of nitrogens with one attached hydrogen (secondary N) is 1. The average Bonchev–Trinajstić information content (AvgIpc) is 3.41. The highest BCUT2D eigenvalue weighted by atomic mass is 16.5. The molecule has 2 heterocycles. The standard InChI is InChI=1S/C21H27N3O/c1-2-6-21(25-16-18-4-3-10-22-13-18)19(5-1)14-23-12-17-9-11-24(15-17)20-7-8-20/h1-6,10,13,17,20,23H,7-9,11-12,14-16H2/t17-/m1/s1. The van der Waals surface area contributed by atoms with Crippen molar-refractivity contribution in [3.8, 4) is 5.75 Å². The molecule has 1 aromatic heterocycles. The highest BCUT2D eigenvalue weighted by Crippen LogP contribution is 2.31. The summed E-state index contributed by atoms with van der Waals surface area (Å²) in [5, 5.41) is 3.64. The fraction of sp³-hybridized carbons (Fsp3) is 0.476. The monoisotopic (exact) mass is 337 g/mol. The lowest BCUT2D eigenvalue weighted by molar-refractivity contribution is 0.300. The summed E-state index contributed by atoms with van der Waals surface area (Å²) in [6, 6.07) is 13.2. The number of rotatable bonds is 8. The van der Waals surface area contributed by atoms with Gasteiger partial charge in [-0.15, -0.1) is 0 Å². The van der Waals surface area contributed by atoms with Gasteiger partial charge in [0.1, 0.15) is 12.4 Å². The summed E-state index contributed by atoms with van der Waals surface area (Å²) in [7, 11) is 0. The van der Waals surface area contributed by atoms with Gasteiger partial charge < -0.3 is 15.0 Å². The van der Waals surface area contributed by atoms with Crippen LogP contribution in [-0.2, 0) is 13.2 Å². The van der Waals surface area contributed by atoms with Gasteiger partial charge in [-0.05, 0) is 50.4 Å². The van der Waals surface area contributed by atoms with Crippen molar-refractivity contribution in [1.82, 2.24) is 15.2 Å². The van der Waals surface area contributed by atoms with E-state index in [4.69, 9.17) is 4.74 Å². The predicted molar refractivity (Wildman–Crippen MR) is 99.4 cm³/mol. The zero-order valence-corrected chi connectivity index (χ0v) is 14.7. The van der Waals surface area contributed by atoms with Gasteiger partial charge in [0.25, 0.3) is 0 Å². The topological polar surface area (TPSA) is 37.4 Å². The minimum absolute atomic E-state index is 0.559. The fourth-order valence-corrected chi connectivity index (χ4v) is 3.65. The lowest BCUT2D eigenvalue weighted by Crippen LogP contribution is -2.27. The van der Waals surface area contributed by atoms with E-state index in [1.54, 1.807) is 6.20 Å². The highest BCUT2D eigenvalue weighted by Gasteiger charge is 2.33. The molecule has 0 unspecified atom stereocenters. The summed E-state index contributed by atoms with van der Waals surface area (Å²) in [6.45, 7) is 5.09. The van der Waals surface area contributed by atoms with Crippen molar-refractivity contribution in [2.24, 2.45) is 5.92 Å². The smallest absolute Gasteiger partial charge is 0.124 e. The molecule has 1 aliphatic heterocycles. The van der Waals surface area contributed by atoms with E-state index in [-0.39, 0.29) is 0 Å². The van der Waals surface area contributed by atoms with Crippen LogP contribution >= 0.6 is 0 Å². The molecule has 1 aliphatic carbocycles. The largest absolute Gasteiger partial charge is 0.489 e. The number of para-hydroxylation sites is 1. The van der Waals surface area contributed by atoms with Gasteiger partial charge in [-0.1, -0.05) is 24.3 Å². The number of hydrogen-bond donors (Lipinski definition) is 1. The molecule has 0 radical (unpaired) electrons. The first-order valence-electron chi connectivity index (χ1n) is 9.43. The SMILES string of the molecule is c1cncc(COc2ccccc2CNC[C@H]2CCN(C3CC3)C2)c1. The maximum atomic E-state index is 6.01. The summed E-state index contributed by atoms with van der Waals surface area (Å²) in [5.74, 6) is 1.76. The van der Waals surface area contributed by atoms with Crippen LogP contribution in [0.15, 0.2) is 48.8 Å². The number of likely N-dealkylation sites (tertiary alicyclic amines) is 1. The fourth-order valence-electron chi connectivity index (χ4n) is 3.65. The van der Waals surface area contributed by atoms with Gasteiger partial charge in [-0.3, -0.25) is 4.98 Å². The van der Waals surface area contributed by atoms with Gasteiger partial charge >= 0.3 is 0 Å². The second-order valence-electron chi connectivity index (χ2n) is 7.27. The van der Waals surface area contributed by atoms with Gasteiger partial charge in [0.15, 0.2) is 0 Å². The van der Waals surface area contributed by atoms with Crippen LogP contribution in [0.2, 0.25) is 0 Å². The second kappa shape index (κ2) is 7.98. The third-order valence-electron chi connectivity index (χ3n) is 5.22. The van der Waals surface area contributed by atoms with Gasteiger partial charge in [0.2, 0.25) is 0 Å². The Labute approximate surface area is 150 Å². The van der Waals surface area contributed by atoms with E-state index >= 15 is 0 Å². The number of aromatic nitrogens is 1. The number of pyridine rings is 1. The van der Waals surface area contributed by atoms with Crippen molar-refractivity contribution < 1.29 is 4.74 Å². The third kappa shape index (κ3) is 4.59. The van der Waals surface area contributed by atoms with E-state index in [0.717, 1.165) is 36.4 Å². The van der Waals surface area contributed by atoms with Crippen molar-refractivity contribution in [2.75, 3.05) is 19.6 Å². The molecule has 1 atom stereocenters. The zero-order valence-electron chi connectivity index (χ0n) is 14.7. The summed E-state index contributed by atoms with van der Waals surface area (Å²) in [4.78, 5) is 6.82. The number of hydrogen-bond acceptors (Lipinski definition) is 4. The van der Waals surface area contributed by atoms with Crippen LogP contribution in [0.25, 0.3) is 0 Å². The molecular formula is C21H27N3O. The van der Waals surface area contributed by atoms with Crippen LogP contribution in [0.4, 0.5) is 0 Å². The molecule has 1 aromatic carbocycles. The molecule has 0 spiro atoms. The summed E-state index contributed by atoms with van der Waals surface area (Å²) in [5.41, 5.74) is 2.32. The molecule has 0 amide bonds. The molecule has 0 bridgehead atoms. The number of ether oxygens (including phenoxy) is 1. The van der Waals surface area contributed by atoms with Crippen LogP contribution in [0.3, 0.4) is 0 Å². The first kappa shape index (κ1) is 16.6. The van der Waals surface area contributed by atoms with Gasteiger partial charge in [-0.25, -0.2) is 0 Å². The average molecular weight is 337 g/mol. The Balaban J connectivity index is 1.26. The maximum Gasteiger partial charge on any atom is 0.124 e. The molecule has 4 heteroatoms. The van der Waals surface area contributed by atoms with E-state index in [2.05, 4.69) is 33.4 Å². The molecular weight excluding hydrogens is 310 g/mol. The summed E-state index contributed by atoms with van der Waals surface area (Å²) < 4.78 is 6.01. The Morgan fingerprint density at radius 2 is 2.04 bits per heavy atom. The third-order valence-corrected chi connectivity index (χ3v) is 5.22. The Morgan fingerprint density at radius 3 is 2.88 bits per heavy atom. The van der Waals surface area contributed by atoms with Crippen molar-refractivity contribution in [2.45, 2.75) is 38.5 Å². The normalized spacial score (nSPS) is 20.7. The second-order valence-corrected chi connectivity index (χ2v) is 7.27. The minimum atomic E-state index is 0.559. The van der Waals surface area contributed by atoms with Crippen LogP contribution in [0.5, 0.6) is 5.75 Å². The van der Waals surface area contributed by atoms with Crippen LogP contribution in [-0.4, -0.2) is 35.6 Å². The Hall–Kier alpha value is -1.91. The Morgan fingerprint density at radius 1 is 1.12 bits per heavy atom. The van der Waals surface area contributed by atoms with Gasteiger partial charge in [0.05, 0.1) is 0 Å². The predicted octanol–water partition coefficient (Wildman–Crippen LogP) is 3.23.